The smallest absolute Gasteiger partial charge is 0.307 e. The number of carboxylic acids is 1. The standard InChI is InChI=1S/C19H28N2O3/c1-3-8-17(15-9-5-4-6-10-15)20-18(22)14(2)21-12-7-11-16(13-21)19(23)24/h4-6,9-10,14,16-17H,3,7-8,11-13H2,1-2H3,(H,20,22)(H,23,24). The summed E-state index contributed by atoms with van der Waals surface area (Å²) in [5.41, 5.74) is 1.11. The third-order valence-corrected chi connectivity index (χ3v) is 4.82. The molecule has 0 saturated carbocycles. The Kier molecular flexibility index (Phi) is 6.79. The summed E-state index contributed by atoms with van der Waals surface area (Å²) in [5.74, 6) is -1.15. The molecule has 1 aromatic rings. The van der Waals surface area contributed by atoms with Crippen LogP contribution in [0, 0.1) is 5.92 Å². The number of aliphatic carboxylic acids is 1. The van der Waals surface area contributed by atoms with Crippen molar-refractivity contribution < 1.29 is 14.7 Å². The zero-order chi connectivity index (χ0) is 17.5. The predicted molar refractivity (Wildman–Crippen MR) is 93.6 cm³/mol. The maximum atomic E-state index is 12.7. The topological polar surface area (TPSA) is 69.6 Å². The van der Waals surface area contributed by atoms with Crippen molar-refractivity contribution in [2.75, 3.05) is 13.1 Å². The van der Waals surface area contributed by atoms with Gasteiger partial charge in [0.05, 0.1) is 18.0 Å². The molecule has 24 heavy (non-hydrogen) atoms. The van der Waals surface area contributed by atoms with E-state index in [1.54, 1.807) is 0 Å². The van der Waals surface area contributed by atoms with Crippen LogP contribution < -0.4 is 5.32 Å². The van der Waals surface area contributed by atoms with E-state index in [2.05, 4.69) is 12.2 Å². The van der Waals surface area contributed by atoms with Gasteiger partial charge in [-0.1, -0.05) is 43.7 Å². The maximum Gasteiger partial charge on any atom is 0.307 e. The van der Waals surface area contributed by atoms with Crippen LogP contribution in [0.5, 0.6) is 0 Å². The minimum absolute atomic E-state index is 0.00575. The van der Waals surface area contributed by atoms with E-state index in [1.807, 2.05) is 42.2 Å². The van der Waals surface area contributed by atoms with Gasteiger partial charge in [0.25, 0.3) is 0 Å². The zero-order valence-corrected chi connectivity index (χ0v) is 14.6. The van der Waals surface area contributed by atoms with Crippen LogP contribution in [0.3, 0.4) is 0 Å². The second-order valence-corrected chi connectivity index (χ2v) is 6.61. The van der Waals surface area contributed by atoms with Crippen molar-refractivity contribution in [3.8, 4) is 0 Å². The van der Waals surface area contributed by atoms with Crippen molar-refractivity contribution in [3.05, 3.63) is 35.9 Å². The Balaban J connectivity index is 1.99. The number of hydrogen-bond donors (Lipinski definition) is 2. The molecule has 1 saturated heterocycles. The number of benzene rings is 1. The van der Waals surface area contributed by atoms with Crippen molar-refractivity contribution in [1.29, 1.82) is 0 Å². The fourth-order valence-corrected chi connectivity index (χ4v) is 3.31. The lowest BCUT2D eigenvalue weighted by Crippen LogP contribution is -2.50. The minimum atomic E-state index is -0.763. The second kappa shape index (κ2) is 8.83. The SMILES string of the molecule is CCCC(NC(=O)C(C)N1CCCC(C(=O)O)C1)c1ccccc1. The minimum Gasteiger partial charge on any atom is -0.481 e. The monoisotopic (exact) mass is 332 g/mol. The van der Waals surface area contributed by atoms with E-state index in [-0.39, 0.29) is 23.9 Å². The second-order valence-electron chi connectivity index (χ2n) is 6.61. The molecule has 1 aliphatic rings. The lowest BCUT2D eigenvalue weighted by Gasteiger charge is -2.35. The summed E-state index contributed by atoms with van der Waals surface area (Å²) in [6, 6.07) is 9.70. The molecule has 1 amide bonds. The van der Waals surface area contributed by atoms with Crippen LogP contribution in [0.1, 0.15) is 51.1 Å². The average Bonchev–Trinajstić information content (AvgIpc) is 2.61. The Morgan fingerprint density at radius 2 is 2.04 bits per heavy atom. The van der Waals surface area contributed by atoms with E-state index < -0.39 is 5.97 Å². The molecule has 132 valence electrons. The number of carbonyl (C=O) groups excluding carboxylic acids is 1. The van der Waals surface area contributed by atoms with Gasteiger partial charge in [0.1, 0.15) is 0 Å². The van der Waals surface area contributed by atoms with E-state index in [1.165, 1.54) is 0 Å². The first-order valence-electron chi connectivity index (χ1n) is 8.85. The van der Waals surface area contributed by atoms with Crippen LogP contribution >= 0.6 is 0 Å². The number of nitrogens with one attached hydrogen (secondary N) is 1. The fourth-order valence-electron chi connectivity index (χ4n) is 3.31. The van der Waals surface area contributed by atoms with Gasteiger partial charge in [0.15, 0.2) is 0 Å². The summed E-state index contributed by atoms with van der Waals surface area (Å²) in [5, 5.41) is 12.4. The molecule has 5 heteroatoms. The number of piperidine rings is 1. The van der Waals surface area contributed by atoms with Crippen molar-refractivity contribution in [1.82, 2.24) is 10.2 Å². The van der Waals surface area contributed by atoms with E-state index in [4.69, 9.17) is 0 Å². The van der Waals surface area contributed by atoms with Crippen molar-refractivity contribution in [2.24, 2.45) is 5.92 Å². The van der Waals surface area contributed by atoms with Crippen LogP contribution in [0.25, 0.3) is 0 Å². The fraction of sp³-hybridized carbons (Fsp3) is 0.579. The summed E-state index contributed by atoms with van der Waals surface area (Å²) < 4.78 is 0. The normalized spacial score (nSPS) is 21.0. The highest BCUT2D eigenvalue weighted by molar-refractivity contribution is 5.82. The van der Waals surface area contributed by atoms with Gasteiger partial charge in [0, 0.05) is 6.54 Å². The molecule has 0 radical (unpaired) electrons. The van der Waals surface area contributed by atoms with Gasteiger partial charge in [-0.3, -0.25) is 14.5 Å². The van der Waals surface area contributed by atoms with Crippen LogP contribution in [0.2, 0.25) is 0 Å². The van der Waals surface area contributed by atoms with Gasteiger partial charge in [-0.25, -0.2) is 0 Å². The van der Waals surface area contributed by atoms with E-state index in [9.17, 15) is 14.7 Å². The van der Waals surface area contributed by atoms with Crippen LogP contribution in [-0.4, -0.2) is 41.0 Å². The average molecular weight is 332 g/mol. The molecule has 0 aromatic heterocycles. The molecule has 1 aromatic carbocycles. The van der Waals surface area contributed by atoms with Crippen LogP contribution in [0.15, 0.2) is 30.3 Å². The lowest BCUT2D eigenvalue weighted by molar-refractivity contribution is -0.145. The van der Waals surface area contributed by atoms with E-state index >= 15 is 0 Å². The number of nitrogens with zero attached hydrogens (tertiary/aromatic N) is 1. The Bertz CT molecular complexity index is 547. The molecule has 0 bridgehead atoms. The van der Waals surface area contributed by atoms with Gasteiger partial charge >= 0.3 is 5.97 Å². The quantitative estimate of drug-likeness (QED) is 0.805. The highest BCUT2D eigenvalue weighted by Crippen LogP contribution is 2.21. The summed E-state index contributed by atoms with van der Waals surface area (Å²) in [4.78, 5) is 25.9. The Morgan fingerprint density at radius 1 is 1.33 bits per heavy atom. The van der Waals surface area contributed by atoms with Gasteiger partial charge in [-0.15, -0.1) is 0 Å². The van der Waals surface area contributed by atoms with E-state index in [0.717, 1.165) is 31.4 Å². The first-order valence-corrected chi connectivity index (χ1v) is 8.85. The van der Waals surface area contributed by atoms with Gasteiger partial charge in [-0.2, -0.15) is 0 Å². The summed E-state index contributed by atoms with van der Waals surface area (Å²) in [7, 11) is 0. The number of hydrogen-bond acceptors (Lipinski definition) is 3. The van der Waals surface area contributed by atoms with Crippen molar-refractivity contribution in [3.63, 3.8) is 0 Å². The van der Waals surface area contributed by atoms with Gasteiger partial charge in [0.2, 0.25) is 5.91 Å². The van der Waals surface area contributed by atoms with Crippen molar-refractivity contribution in [2.45, 2.75) is 51.6 Å². The lowest BCUT2D eigenvalue weighted by atomic mass is 9.96. The third-order valence-electron chi connectivity index (χ3n) is 4.82. The van der Waals surface area contributed by atoms with Crippen molar-refractivity contribution >= 4 is 11.9 Å². The Hall–Kier alpha value is -1.88. The molecular formula is C19H28N2O3. The third kappa shape index (κ3) is 4.81. The Labute approximate surface area is 144 Å². The van der Waals surface area contributed by atoms with Crippen LogP contribution in [-0.2, 0) is 9.59 Å². The summed E-state index contributed by atoms with van der Waals surface area (Å²) >= 11 is 0. The molecule has 3 unspecified atom stereocenters. The van der Waals surface area contributed by atoms with E-state index in [0.29, 0.717) is 13.0 Å². The number of amides is 1. The molecule has 1 heterocycles. The van der Waals surface area contributed by atoms with Gasteiger partial charge < -0.3 is 10.4 Å². The molecule has 0 spiro atoms. The van der Waals surface area contributed by atoms with Gasteiger partial charge in [-0.05, 0) is 38.3 Å². The number of carboxylic acid groups (broad SMARTS) is 1. The summed E-state index contributed by atoms with van der Waals surface area (Å²) in [6.07, 6.45) is 3.40. The Morgan fingerprint density at radius 3 is 2.67 bits per heavy atom. The first kappa shape index (κ1) is 18.5. The molecular weight excluding hydrogens is 304 g/mol. The predicted octanol–water partition coefficient (Wildman–Crippen LogP) is 2.83. The summed E-state index contributed by atoms with van der Waals surface area (Å²) in [6.45, 7) is 5.21. The molecule has 1 fully saturated rings. The number of rotatable bonds is 7. The number of likely N-dealkylation sites (tertiary alicyclic amines) is 1. The highest BCUT2D eigenvalue weighted by Gasteiger charge is 2.31. The largest absolute Gasteiger partial charge is 0.481 e. The maximum absolute atomic E-state index is 12.7. The molecule has 1 aliphatic heterocycles. The first-order chi connectivity index (χ1) is 11.5. The molecule has 0 aliphatic carbocycles. The zero-order valence-electron chi connectivity index (χ0n) is 14.6. The molecule has 5 nitrogen and oxygen atoms in total. The highest BCUT2D eigenvalue weighted by atomic mass is 16.4. The molecule has 2 N–H and O–H groups in total. The van der Waals surface area contributed by atoms with Crippen LogP contribution in [0.4, 0.5) is 0 Å². The number of carbonyl (C=O) groups is 2. The molecule has 3 atom stereocenters. The molecule has 2 rings (SSSR count).